The third kappa shape index (κ3) is 7.46. The Bertz CT molecular complexity index is 2370. The summed E-state index contributed by atoms with van der Waals surface area (Å²) in [5.74, 6) is 0. The molecule has 0 atom stereocenters. The fraction of sp³-hybridized carbons (Fsp3) is 0.152. The Morgan fingerprint density at radius 1 is 0.608 bits per heavy atom. The van der Waals surface area contributed by atoms with Crippen LogP contribution in [0, 0.1) is 32.9 Å². The van der Waals surface area contributed by atoms with E-state index in [0.717, 1.165) is 50.1 Å². The Kier molecular flexibility index (Phi) is 10.4. The van der Waals surface area contributed by atoms with Crippen LogP contribution < -0.4 is 0 Å². The topological polar surface area (TPSA) is 51.8 Å². The molecule has 8 aromatic rings. The summed E-state index contributed by atoms with van der Waals surface area (Å²) in [7, 11) is 0. The number of hydrogen-bond donors (Lipinski definition) is 0. The van der Waals surface area contributed by atoms with E-state index in [2.05, 4.69) is 113 Å². The molecule has 0 aliphatic heterocycles. The second-order valence-electron chi connectivity index (χ2n) is 13.7. The molecule has 1 radical (unpaired) electrons. The summed E-state index contributed by atoms with van der Waals surface area (Å²) < 4.78 is 6.43. The van der Waals surface area contributed by atoms with Crippen LogP contribution >= 0.6 is 0 Å². The van der Waals surface area contributed by atoms with Crippen LogP contribution in [0.2, 0.25) is 0 Å². The van der Waals surface area contributed by atoms with Gasteiger partial charge in [-0.25, -0.2) is 4.98 Å². The molecule has 4 nitrogen and oxygen atoms in total. The second kappa shape index (κ2) is 14.9. The van der Waals surface area contributed by atoms with Crippen molar-refractivity contribution >= 4 is 22.1 Å². The van der Waals surface area contributed by atoms with Crippen molar-refractivity contribution in [3.63, 3.8) is 0 Å². The van der Waals surface area contributed by atoms with Crippen molar-refractivity contribution in [1.29, 1.82) is 0 Å². The van der Waals surface area contributed by atoms with E-state index in [9.17, 15) is 0 Å². The van der Waals surface area contributed by atoms with E-state index in [0.29, 0.717) is 5.71 Å². The maximum atomic E-state index is 6.43. The standard InChI is InChI=1S/C35H31N2O.C11H8N.Ir/c1-21-19-31(36-20-29(21)35(4,5)6)28-14-10-13-26-27-15-16-30(37-34(27)38-33(26)28)32-22(2)17-25(18-23(32)3)24-11-8-7-9-12-24;1-2-6-10(7-3-1)11-8-4-5-9-12-11;/h7-13,15-20H,1-6H3;1-6,8-9H;/q2*-1;. The minimum atomic E-state index is 0. The van der Waals surface area contributed by atoms with Crippen molar-refractivity contribution in [2.24, 2.45) is 0 Å². The van der Waals surface area contributed by atoms with Crippen molar-refractivity contribution in [2.45, 2.75) is 47.0 Å². The molecule has 4 aromatic carbocycles. The van der Waals surface area contributed by atoms with Gasteiger partial charge in [0.25, 0.3) is 0 Å². The summed E-state index contributed by atoms with van der Waals surface area (Å²) in [5.41, 5.74) is 14.5. The van der Waals surface area contributed by atoms with E-state index < -0.39 is 0 Å². The average Bonchev–Trinajstić information content (AvgIpc) is 3.50. The molecule has 0 amide bonds. The molecule has 0 fully saturated rings. The molecule has 5 heteroatoms. The van der Waals surface area contributed by atoms with Gasteiger partial charge in [0.1, 0.15) is 0 Å². The summed E-state index contributed by atoms with van der Waals surface area (Å²) in [4.78, 5) is 14.0. The average molecular weight is 842 g/mol. The molecule has 0 N–H and O–H groups in total. The van der Waals surface area contributed by atoms with Gasteiger partial charge in [-0.3, -0.25) is 0 Å². The van der Waals surface area contributed by atoms with Gasteiger partial charge in [-0.05, 0) is 83.6 Å². The molecule has 0 bridgehead atoms. The molecule has 51 heavy (non-hydrogen) atoms. The predicted octanol–water partition coefficient (Wildman–Crippen LogP) is 11.9. The van der Waals surface area contributed by atoms with Crippen LogP contribution in [0.15, 0.2) is 132 Å². The number of benzene rings is 4. The van der Waals surface area contributed by atoms with E-state index in [4.69, 9.17) is 14.4 Å². The summed E-state index contributed by atoms with van der Waals surface area (Å²) >= 11 is 0. The normalized spacial score (nSPS) is 11.2. The maximum Gasteiger partial charge on any atom is 0.216 e. The molecule has 8 rings (SSSR count). The van der Waals surface area contributed by atoms with Crippen molar-refractivity contribution < 1.29 is 24.5 Å². The summed E-state index contributed by atoms with van der Waals surface area (Å²) in [6.45, 7) is 13.1. The van der Waals surface area contributed by atoms with Crippen molar-refractivity contribution in [3.8, 4) is 44.9 Å². The van der Waals surface area contributed by atoms with E-state index in [1.54, 1.807) is 6.20 Å². The quantitative estimate of drug-likeness (QED) is 0.166. The van der Waals surface area contributed by atoms with Crippen LogP contribution in [-0.4, -0.2) is 15.0 Å². The van der Waals surface area contributed by atoms with Gasteiger partial charge in [-0.15, -0.1) is 54.1 Å². The number of pyridine rings is 3. The van der Waals surface area contributed by atoms with Crippen molar-refractivity contribution in [3.05, 3.63) is 162 Å². The molecule has 0 aliphatic carbocycles. The zero-order valence-corrected chi connectivity index (χ0v) is 32.1. The van der Waals surface area contributed by atoms with E-state index in [1.165, 1.54) is 33.4 Å². The van der Waals surface area contributed by atoms with Gasteiger partial charge in [0.05, 0.1) is 11.3 Å². The van der Waals surface area contributed by atoms with Gasteiger partial charge in [0.2, 0.25) is 5.71 Å². The zero-order valence-electron chi connectivity index (χ0n) is 29.7. The Balaban J connectivity index is 0.000000291. The first kappa shape index (κ1) is 35.6. The largest absolute Gasteiger partial charge is 0.486 e. The molecule has 255 valence electrons. The molecule has 4 heterocycles. The third-order valence-corrected chi connectivity index (χ3v) is 9.02. The number of aromatic nitrogens is 3. The van der Waals surface area contributed by atoms with E-state index in [-0.39, 0.29) is 25.5 Å². The predicted molar refractivity (Wildman–Crippen MR) is 206 cm³/mol. The summed E-state index contributed by atoms with van der Waals surface area (Å²) in [6.07, 6.45) is 3.77. The summed E-state index contributed by atoms with van der Waals surface area (Å²) in [6, 6.07) is 45.5. The Morgan fingerprint density at radius 2 is 1.35 bits per heavy atom. The van der Waals surface area contributed by atoms with Crippen LogP contribution in [0.5, 0.6) is 0 Å². The van der Waals surface area contributed by atoms with Gasteiger partial charge in [0.15, 0.2) is 0 Å². The molecular formula is C46H39IrN3O-2. The Morgan fingerprint density at radius 3 is 2.02 bits per heavy atom. The first-order valence-corrected chi connectivity index (χ1v) is 16.9. The Labute approximate surface area is 314 Å². The van der Waals surface area contributed by atoms with Gasteiger partial charge in [-0.1, -0.05) is 97.9 Å². The van der Waals surface area contributed by atoms with Crippen LogP contribution in [0.25, 0.3) is 67.0 Å². The second-order valence-corrected chi connectivity index (χ2v) is 13.7. The molecule has 0 saturated heterocycles. The van der Waals surface area contributed by atoms with Crippen molar-refractivity contribution in [1.82, 2.24) is 15.0 Å². The van der Waals surface area contributed by atoms with Crippen LogP contribution in [0.3, 0.4) is 0 Å². The number of rotatable bonds is 4. The number of fused-ring (bicyclic) bond motifs is 3. The maximum absolute atomic E-state index is 6.43. The number of hydrogen-bond acceptors (Lipinski definition) is 4. The molecular weight excluding hydrogens is 803 g/mol. The van der Waals surface area contributed by atoms with Gasteiger partial charge < -0.3 is 14.4 Å². The van der Waals surface area contributed by atoms with Crippen molar-refractivity contribution in [2.75, 3.05) is 0 Å². The molecule has 0 saturated carbocycles. The number of aryl methyl sites for hydroxylation is 3. The molecule has 0 aliphatic rings. The minimum Gasteiger partial charge on any atom is -0.486 e. The van der Waals surface area contributed by atoms with Crippen LogP contribution in [-0.2, 0) is 25.5 Å². The minimum absolute atomic E-state index is 0. The zero-order chi connectivity index (χ0) is 34.8. The number of furan rings is 1. The van der Waals surface area contributed by atoms with Gasteiger partial charge in [0, 0.05) is 43.4 Å². The molecule has 4 aromatic heterocycles. The fourth-order valence-corrected chi connectivity index (χ4v) is 6.67. The van der Waals surface area contributed by atoms with Crippen LogP contribution in [0.1, 0.15) is 43.0 Å². The van der Waals surface area contributed by atoms with Crippen LogP contribution in [0.4, 0.5) is 0 Å². The van der Waals surface area contributed by atoms with E-state index >= 15 is 0 Å². The monoisotopic (exact) mass is 842 g/mol. The smallest absolute Gasteiger partial charge is 0.216 e. The first-order valence-electron chi connectivity index (χ1n) is 16.9. The van der Waals surface area contributed by atoms with Gasteiger partial charge in [-0.2, -0.15) is 0 Å². The first-order chi connectivity index (χ1) is 24.2. The Hall–Kier alpha value is -5.22. The van der Waals surface area contributed by atoms with E-state index in [1.807, 2.05) is 66.9 Å². The SMILES string of the molecule is Cc1cc(-c2[c-]ccc3c2oc2nc(-c4c(C)cc(-c5ccccc5)cc4C)ccc23)ncc1C(C)(C)C.[Ir].[c-]1ccccc1-c1ccccn1. The fourth-order valence-electron chi connectivity index (χ4n) is 6.67. The summed E-state index contributed by atoms with van der Waals surface area (Å²) in [5, 5.41) is 2.03. The number of nitrogens with zero attached hydrogens (tertiary/aromatic N) is 3. The molecule has 0 spiro atoms. The van der Waals surface area contributed by atoms with Gasteiger partial charge >= 0.3 is 0 Å². The molecule has 0 unspecified atom stereocenters. The third-order valence-electron chi connectivity index (χ3n) is 9.02.